The molecule has 1 saturated heterocycles. The van der Waals surface area contributed by atoms with E-state index in [2.05, 4.69) is 34.4 Å². The first-order valence-corrected chi connectivity index (χ1v) is 9.61. The Morgan fingerprint density at radius 3 is 2.74 bits per heavy atom. The zero-order chi connectivity index (χ0) is 19.4. The second kappa shape index (κ2) is 8.71. The number of halogens is 1. The predicted octanol–water partition coefficient (Wildman–Crippen LogP) is 2.60. The molecular weight excluding hydrogens is 366 g/mol. The number of ether oxygens (including phenoxy) is 1. The fourth-order valence-electron chi connectivity index (χ4n) is 3.31. The summed E-state index contributed by atoms with van der Waals surface area (Å²) in [7, 11) is 1.57. The van der Waals surface area contributed by atoms with Crippen LogP contribution >= 0.6 is 11.6 Å². The second-order valence-corrected chi connectivity index (χ2v) is 7.53. The third-order valence-electron chi connectivity index (χ3n) is 4.92. The molecule has 0 radical (unpaired) electrons. The third kappa shape index (κ3) is 4.99. The predicted molar refractivity (Wildman–Crippen MR) is 105 cm³/mol. The second-order valence-electron chi connectivity index (χ2n) is 7.12. The number of benzene rings is 1. The average molecular weight is 392 g/mol. The first-order chi connectivity index (χ1) is 13.0. The van der Waals surface area contributed by atoms with Gasteiger partial charge in [0, 0.05) is 30.7 Å². The van der Waals surface area contributed by atoms with E-state index in [9.17, 15) is 4.79 Å². The van der Waals surface area contributed by atoms with E-state index in [1.54, 1.807) is 30.1 Å². The number of amides is 1. The van der Waals surface area contributed by atoms with E-state index in [4.69, 9.17) is 16.3 Å². The maximum atomic E-state index is 12.3. The van der Waals surface area contributed by atoms with Gasteiger partial charge in [-0.25, -0.2) is 4.68 Å². The summed E-state index contributed by atoms with van der Waals surface area (Å²) in [4.78, 5) is 14.8. The summed E-state index contributed by atoms with van der Waals surface area (Å²) in [5.41, 5.74) is 1.49. The standard InChI is InChI=1S/C19H26ClN5O2/c1-13(2)24-8-6-15(7-9-24)21-19(26)12-25-11-17(22-23-25)14-4-5-18(27-3)16(20)10-14/h4-5,10-11,13,15H,6-9,12H2,1-3H3,(H,21,26). The van der Waals surface area contributed by atoms with Gasteiger partial charge in [-0.2, -0.15) is 0 Å². The van der Waals surface area contributed by atoms with E-state index in [1.807, 2.05) is 6.07 Å². The van der Waals surface area contributed by atoms with Crippen molar-refractivity contribution in [2.75, 3.05) is 20.2 Å². The minimum atomic E-state index is -0.0396. The summed E-state index contributed by atoms with van der Waals surface area (Å²) in [6, 6.07) is 6.21. The van der Waals surface area contributed by atoms with Gasteiger partial charge in [-0.3, -0.25) is 4.79 Å². The first kappa shape index (κ1) is 19.6. The van der Waals surface area contributed by atoms with Gasteiger partial charge in [0.1, 0.15) is 18.0 Å². The highest BCUT2D eigenvalue weighted by Gasteiger charge is 2.22. The smallest absolute Gasteiger partial charge is 0.242 e. The molecule has 0 saturated carbocycles. The quantitative estimate of drug-likeness (QED) is 0.819. The van der Waals surface area contributed by atoms with Crippen molar-refractivity contribution in [2.24, 2.45) is 0 Å². The maximum absolute atomic E-state index is 12.3. The molecule has 1 aromatic carbocycles. The monoisotopic (exact) mass is 391 g/mol. The Balaban J connectivity index is 1.55. The van der Waals surface area contributed by atoms with Gasteiger partial charge in [0.05, 0.1) is 18.3 Å². The Bertz CT molecular complexity index is 784. The minimum Gasteiger partial charge on any atom is -0.495 e. The first-order valence-electron chi connectivity index (χ1n) is 9.23. The largest absolute Gasteiger partial charge is 0.495 e. The summed E-state index contributed by atoms with van der Waals surface area (Å²) in [6.45, 7) is 6.61. The fraction of sp³-hybridized carbons (Fsp3) is 0.526. The van der Waals surface area contributed by atoms with Gasteiger partial charge in [0.25, 0.3) is 0 Å². The molecule has 3 rings (SSSR count). The molecule has 1 aromatic heterocycles. The molecule has 2 heterocycles. The normalized spacial score (nSPS) is 15.9. The van der Waals surface area contributed by atoms with Crippen LogP contribution in [0.25, 0.3) is 11.3 Å². The lowest BCUT2D eigenvalue weighted by Gasteiger charge is -2.34. The molecule has 7 nitrogen and oxygen atoms in total. The average Bonchev–Trinajstić information content (AvgIpc) is 3.10. The summed E-state index contributed by atoms with van der Waals surface area (Å²) in [6.07, 6.45) is 3.72. The fourth-order valence-corrected chi connectivity index (χ4v) is 3.57. The van der Waals surface area contributed by atoms with Crippen molar-refractivity contribution in [3.63, 3.8) is 0 Å². The van der Waals surface area contributed by atoms with Crippen LogP contribution < -0.4 is 10.1 Å². The van der Waals surface area contributed by atoms with Crippen molar-refractivity contribution in [1.29, 1.82) is 0 Å². The van der Waals surface area contributed by atoms with E-state index >= 15 is 0 Å². The molecule has 1 aliphatic heterocycles. The summed E-state index contributed by atoms with van der Waals surface area (Å²) in [5, 5.41) is 11.8. The summed E-state index contributed by atoms with van der Waals surface area (Å²) in [5.74, 6) is 0.568. The number of nitrogens with one attached hydrogen (secondary N) is 1. The molecule has 0 atom stereocenters. The number of nitrogens with zero attached hydrogens (tertiary/aromatic N) is 4. The van der Waals surface area contributed by atoms with E-state index in [1.165, 1.54) is 0 Å². The van der Waals surface area contributed by atoms with Crippen LogP contribution in [0.2, 0.25) is 5.02 Å². The number of hydrogen-bond donors (Lipinski definition) is 1. The zero-order valence-electron chi connectivity index (χ0n) is 16.0. The summed E-state index contributed by atoms with van der Waals surface area (Å²) >= 11 is 6.16. The molecule has 0 bridgehead atoms. The highest BCUT2D eigenvalue weighted by atomic mass is 35.5. The Labute approximate surface area is 164 Å². The molecule has 1 N–H and O–H groups in total. The molecule has 2 aromatic rings. The number of aromatic nitrogens is 3. The van der Waals surface area contributed by atoms with Crippen molar-refractivity contribution in [1.82, 2.24) is 25.2 Å². The molecule has 8 heteroatoms. The summed E-state index contributed by atoms with van der Waals surface area (Å²) < 4.78 is 6.70. The number of rotatable bonds is 6. The van der Waals surface area contributed by atoms with Gasteiger partial charge < -0.3 is 15.0 Å². The van der Waals surface area contributed by atoms with E-state index in [0.717, 1.165) is 31.5 Å². The lowest BCUT2D eigenvalue weighted by Crippen LogP contribution is -2.47. The number of carbonyl (C=O) groups excluding carboxylic acids is 1. The molecule has 1 amide bonds. The Morgan fingerprint density at radius 2 is 2.11 bits per heavy atom. The minimum absolute atomic E-state index is 0.0396. The highest BCUT2D eigenvalue weighted by molar-refractivity contribution is 6.32. The number of likely N-dealkylation sites (tertiary alicyclic amines) is 1. The van der Waals surface area contributed by atoms with Crippen molar-refractivity contribution in [3.8, 4) is 17.0 Å². The van der Waals surface area contributed by atoms with Crippen LogP contribution in [0.5, 0.6) is 5.75 Å². The van der Waals surface area contributed by atoms with Gasteiger partial charge in [-0.15, -0.1) is 5.10 Å². The van der Waals surface area contributed by atoms with Crippen LogP contribution in [0.4, 0.5) is 0 Å². The molecule has 1 aliphatic rings. The Hall–Kier alpha value is -2.12. The number of piperidine rings is 1. The Morgan fingerprint density at radius 1 is 1.37 bits per heavy atom. The molecule has 0 spiro atoms. The van der Waals surface area contributed by atoms with Crippen LogP contribution in [0.1, 0.15) is 26.7 Å². The number of hydrogen-bond acceptors (Lipinski definition) is 5. The molecule has 27 heavy (non-hydrogen) atoms. The SMILES string of the molecule is COc1ccc(-c2cn(CC(=O)NC3CCN(C(C)C)CC3)nn2)cc1Cl. The number of methoxy groups -OCH3 is 1. The van der Waals surface area contributed by atoms with Gasteiger partial charge in [-0.1, -0.05) is 16.8 Å². The zero-order valence-corrected chi connectivity index (χ0v) is 16.7. The lowest BCUT2D eigenvalue weighted by molar-refractivity contribution is -0.122. The highest BCUT2D eigenvalue weighted by Crippen LogP contribution is 2.29. The van der Waals surface area contributed by atoms with Crippen LogP contribution in [0.3, 0.4) is 0 Å². The lowest BCUT2D eigenvalue weighted by atomic mass is 10.0. The van der Waals surface area contributed by atoms with Gasteiger partial charge >= 0.3 is 0 Å². The van der Waals surface area contributed by atoms with E-state index in [-0.39, 0.29) is 18.5 Å². The van der Waals surface area contributed by atoms with Crippen LogP contribution in [0, 0.1) is 0 Å². The molecule has 1 fully saturated rings. The van der Waals surface area contributed by atoms with E-state index < -0.39 is 0 Å². The number of carbonyl (C=O) groups is 1. The van der Waals surface area contributed by atoms with Crippen LogP contribution in [-0.2, 0) is 11.3 Å². The van der Waals surface area contributed by atoms with Crippen molar-refractivity contribution in [3.05, 3.63) is 29.4 Å². The molecule has 146 valence electrons. The van der Waals surface area contributed by atoms with Crippen molar-refractivity contribution < 1.29 is 9.53 Å². The topological polar surface area (TPSA) is 72.3 Å². The Kier molecular flexibility index (Phi) is 6.34. The van der Waals surface area contributed by atoms with Crippen LogP contribution in [-0.4, -0.2) is 58.1 Å². The van der Waals surface area contributed by atoms with Crippen molar-refractivity contribution in [2.45, 2.75) is 45.3 Å². The van der Waals surface area contributed by atoms with E-state index in [0.29, 0.717) is 22.5 Å². The molecule has 0 unspecified atom stereocenters. The van der Waals surface area contributed by atoms with Crippen LogP contribution in [0.15, 0.2) is 24.4 Å². The van der Waals surface area contributed by atoms with Gasteiger partial charge in [0.2, 0.25) is 5.91 Å². The third-order valence-corrected chi connectivity index (χ3v) is 5.21. The van der Waals surface area contributed by atoms with Gasteiger partial charge in [0.15, 0.2) is 0 Å². The van der Waals surface area contributed by atoms with Crippen molar-refractivity contribution >= 4 is 17.5 Å². The van der Waals surface area contributed by atoms with Gasteiger partial charge in [-0.05, 0) is 44.9 Å². The molecule has 0 aliphatic carbocycles. The maximum Gasteiger partial charge on any atom is 0.242 e. The molecular formula is C19H26ClN5O2.